The lowest BCUT2D eigenvalue weighted by atomic mass is 10.1. The zero-order chi connectivity index (χ0) is 32.6. The Labute approximate surface area is 271 Å². The van der Waals surface area contributed by atoms with E-state index in [0.29, 0.717) is 26.2 Å². The average molecular weight is 663 g/mol. The molecule has 1 saturated heterocycles. The zero-order valence-corrected chi connectivity index (χ0v) is 27.2. The highest BCUT2D eigenvalue weighted by atomic mass is 32.3. The Balaban J connectivity index is 1.06. The molecule has 4 heterocycles. The van der Waals surface area contributed by atoms with E-state index < -0.39 is 22.1 Å². The largest absolute Gasteiger partial charge is 0.444 e. The third-order valence-corrected chi connectivity index (χ3v) is 10.4. The lowest BCUT2D eigenvalue weighted by Gasteiger charge is -2.36. The Hall–Kier alpha value is -4.50. The van der Waals surface area contributed by atoms with Gasteiger partial charge in [0, 0.05) is 54.6 Å². The summed E-state index contributed by atoms with van der Waals surface area (Å²) in [7, 11) is -3.46. The van der Waals surface area contributed by atoms with Crippen molar-refractivity contribution < 1.29 is 28.2 Å². The second kappa shape index (κ2) is 12.4. The van der Waals surface area contributed by atoms with Gasteiger partial charge in [-0.15, -0.1) is 21.9 Å². The molecule has 0 atom stereocenters. The molecule has 4 N–H and O–H groups in total. The summed E-state index contributed by atoms with van der Waals surface area (Å²) in [5.41, 5.74) is 0.931. The molecule has 0 saturated carbocycles. The summed E-state index contributed by atoms with van der Waals surface area (Å²) >= 11 is 1.43. The van der Waals surface area contributed by atoms with Crippen LogP contribution in [0, 0.1) is 0 Å². The Morgan fingerprint density at radius 1 is 1.00 bits per heavy atom. The second-order valence-corrected chi connectivity index (χ2v) is 15.0. The van der Waals surface area contributed by atoms with Crippen LogP contribution >= 0.6 is 21.9 Å². The molecule has 0 spiro atoms. The predicted octanol–water partition coefficient (Wildman–Crippen LogP) is 5.93. The van der Waals surface area contributed by atoms with Crippen LogP contribution in [0.1, 0.15) is 46.4 Å². The van der Waals surface area contributed by atoms with Crippen molar-refractivity contribution in [3.05, 3.63) is 83.0 Å². The van der Waals surface area contributed by atoms with Crippen molar-refractivity contribution in [3.8, 4) is 10.6 Å². The van der Waals surface area contributed by atoms with E-state index in [4.69, 9.17) is 4.74 Å². The molecular weight excluding hydrogens is 629 g/mol. The number of aromatic nitrogens is 2. The molecule has 240 valence electrons. The van der Waals surface area contributed by atoms with Crippen LogP contribution in [0.3, 0.4) is 0 Å². The molecule has 0 aliphatic carbocycles. The van der Waals surface area contributed by atoms with Crippen molar-refractivity contribution in [3.63, 3.8) is 0 Å². The first-order valence-corrected chi connectivity index (χ1v) is 17.0. The van der Waals surface area contributed by atoms with Gasteiger partial charge in [0.1, 0.15) is 16.4 Å². The molecule has 0 radical (unpaired) electrons. The summed E-state index contributed by atoms with van der Waals surface area (Å²) in [6, 6.07) is 14.7. The molecule has 3 amide bonds. The van der Waals surface area contributed by atoms with Crippen LogP contribution in [0.2, 0.25) is 0 Å². The summed E-state index contributed by atoms with van der Waals surface area (Å²) in [5, 5.41) is 6.34. The number of carbonyl (C=O) groups is 3. The first kappa shape index (κ1) is 31.5. The summed E-state index contributed by atoms with van der Waals surface area (Å²) in [5.74, 6) is -0.0471. The fraction of sp³-hybridized carbons (Fsp3) is 0.281. The normalized spacial score (nSPS) is 16.4. The highest BCUT2D eigenvalue weighted by Crippen LogP contribution is 2.60. The van der Waals surface area contributed by atoms with Crippen LogP contribution in [-0.2, 0) is 11.3 Å². The van der Waals surface area contributed by atoms with Crippen molar-refractivity contribution >= 4 is 51.3 Å². The van der Waals surface area contributed by atoms with Crippen molar-refractivity contribution in [1.82, 2.24) is 20.2 Å². The number of nitrogens with one attached hydrogen (secondary N) is 2. The predicted molar refractivity (Wildman–Crippen MR) is 177 cm³/mol. The number of thiazole rings is 1. The molecule has 2 aromatic carbocycles. The zero-order valence-electron chi connectivity index (χ0n) is 25.5. The Bertz CT molecular complexity index is 1800. The molecule has 0 unspecified atom stereocenters. The Morgan fingerprint density at radius 2 is 1.76 bits per heavy atom. The lowest BCUT2D eigenvalue weighted by molar-refractivity contribution is 0.0240. The number of piperazine rings is 1. The highest BCUT2D eigenvalue weighted by molar-refractivity contribution is 8.24. The summed E-state index contributed by atoms with van der Waals surface area (Å²) in [4.78, 5) is 52.3. The van der Waals surface area contributed by atoms with Crippen LogP contribution < -0.4 is 15.5 Å². The van der Waals surface area contributed by atoms with E-state index in [1.54, 1.807) is 29.4 Å². The maximum Gasteiger partial charge on any atom is 0.410 e. The number of rotatable bonds is 5. The molecule has 14 heteroatoms. The van der Waals surface area contributed by atoms with E-state index in [9.17, 15) is 23.5 Å². The quantitative estimate of drug-likeness (QED) is 0.203. The van der Waals surface area contributed by atoms with Gasteiger partial charge in [0.25, 0.3) is 11.8 Å². The van der Waals surface area contributed by atoms with E-state index in [-0.39, 0.29) is 45.2 Å². The average Bonchev–Trinajstić information content (AvgIpc) is 3.49. The minimum atomic E-state index is -3.46. The highest BCUT2D eigenvalue weighted by Gasteiger charge is 2.32. The third kappa shape index (κ3) is 6.56. The van der Waals surface area contributed by atoms with Crippen LogP contribution in [0.5, 0.6) is 0 Å². The SMILES string of the molecule is CC(C)(C)OC(=O)N1CCN(c2ccc(-c3ncc(CNC(=O)c4ccc5c(c4)NC(=O)c4ccccc4S5(O)O)s3)cn2)CC1. The Kier molecular flexibility index (Phi) is 8.46. The minimum absolute atomic E-state index is 0.146. The topological polar surface area (TPSA) is 157 Å². The van der Waals surface area contributed by atoms with Crippen LogP contribution in [-0.4, -0.2) is 73.7 Å². The van der Waals surface area contributed by atoms with Gasteiger partial charge in [0.15, 0.2) is 0 Å². The lowest BCUT2D eigenvalue weighted by Crippen LogP contribution is -2.50. The number of fused-ring (bicyclic) bond motifs is 2. The fourth-order valence-corrected chi connectivity index (χ4v) is 7.65. The standard InChI is InChI=1S/C32H34N6O6S2/c1-32(2,3)44-31(41)38-14-12-37(13-15-38)27-11-9-21(17-33-27)30-35-19-22(45-30)18-34-28(39)20-8-10-26-24(16-20)36-29(40)23-6-4-5-7-25(23)46(26,42)43/h4-11,16-17,19,42-43H,12-15,18H2,1-3H3,(H,34,39)(H,36,40). The van der Waals surface area contributed by atoms with E-state index in [1.165, 1.54) is 41.7 Å². The molecule has 46 heavy (non-hydrogen) atoms. The third-order valence-electron chi connectivity index (χ3n) is 7.46. The van der Waals surface area contributed by atoms with Gasteiger partial charge in [-0.2, -0.15) is 0 Å². The number of amides is 3. The first-order chi connectivity index (χ1) is 21.9. The maximum atomic E-state index is 13.0. The van der Waals surface area contributed by atoms with E-state index in [1.807, 2.05) is 32.9 Å². The monoisotopic (exact) mass is 662 g/mol. The van der Waals surface area contributed by atoms with Gasteiger partial charge in [-0.25, -0.2) is 14.8 Å². The van der Waals surface area contributed by atoms with Gasteiger partial charge < -0.3 is 25.2 Å². The van der Waals surface area contributed by atoms with E-state index in [0.717, 1.165) is 21.3 Å². The van der Waals surface area contributed by atoms with Gasteiger partial charge in [-0.05, 0) is 63.2 Å². The Morgan fingerprint density at radius 3 is 2.48 bits per heavy atom. The molecule has 2 aliphatic heterocycles. The maximum absolute atomic E-state index is 13.0. The van der Waals surface area contributed by atoms with Gasteiger partial charge in [-0.1, -0.05) is 12.1 Å². The molecule has 1 fully saturated rings. The van der Waals surface area contributed by atoms with E-state index in [2.05, 4.69) is 25.5 Å². The van der Waals surface area contributed by atoms with Crippen LogP contribution in [0.25, 0.3) is 10.6 Å². The number of hydrogen-bond donors (Lipinski definition) is 4. The number of benzene rings is 2. The van der Waals surface area contributed by atoms with Crippen molar-refractivity contribution in [1.29, 1.82) is 0 Å². The second-order valence-electron chi connectivity index (χ2n) is 11.9. The molecule has 4 aromatic rings. The van der Waals surface area contributed by atoms with Gasteiger partial charge in [0.2, 0.25) is 0 Å². The van der Waals surface area contributed by atoms with Crippen molar-refractivity contribution in [2.75, 3.05) is 36.4 Å². The van der Waals surface area contributed by atoms with Gasteiger partial charge in [-0.3, -0.25) is 18.7 Å². The molecular formula is C32H34N6O6S2. The number of pyridine rings is 1. The summed E-state index contributed by atoms with van der Waals surface area (Å²) in [6.45, 7) is 8.21. The van der Waals surface area contributed by atoms with Crippen molar-refractivity contribution in [2.24, 2.45) is 0 Å². The molecule has 12 nitrogen and oxygen atoms in total. The van der Waals surface area contributed by atoms with E-state index >= 15 is 0 Å². The molecule has 0 bridgehead atoms. The number of nitrogens with zero attached hydrogens (tertiary/aromatic N) is 4. The number of carbonyl (C=O) groups excluding carboxylic acids is 3. The van der Waals surface area contributed by atoms with Crippen LogP contribution in [0.4, 0.5) is 16.3 Å². The molecule has 6 rings (SSSR count). The van der Waals surface area contributed by atoms with Gasteiger partial charge >= 0.3 is 6.09 Å². The number of ether oxygens (including phenoxy) is 1. The first-order valence-electron chi connectivity index (χ1n) is 14.6. The minimum Gasteiger partial charge on any atom is -0.444 e. The molecule has 2 aromatic heterocycles. The fourth-order valence-electron chi connectivity index (χ4n) is 5.16. The van der Waals surface area contributed by atoms with Crippen LogP contribution in [0.15, 0.2) is 76.8 Å². The summed E-state index contributed by atoms with van der Waals surface area (Å²) in [6.07, 6.45) is 3.17. The van der Waals surface area contributed by atoms with Gasteiger partial charge in [0.05, 0.1) is 27.6 Å². The number of anilines is 2. The number of hydrogen-bond acceptors (Lipinski definition) is 10. The summed E-state index contributed by atoms with van der Waals surface area (Å²) < 4.78 is 27.5. The molecule has 2 aliphatic rings. The smallest absolute Gasteiger partial charge is 0.410 e. The van der Waals surface area contributed by atoms with Crippen molar-refractivity contribution in [2.45, 2.75) is 42.7 Å².